The summed E-state index contributed by atoms with van der Waals surface area (Å²) in [6.07, 6.45) is 0. The lowest BCUT2D eigenvalue weighted by atomic mass is 10.2. The maximum atomic E-state index is 5.09. The quantitative estimate of drug-likeness (QED) is 0.849. The molecule has 0 atom stereocenters. The lowest BCUT2D eigenvalue weighted by Gasteiger charge is -2.08. The summed E-state index contributed by atoms with van der Waals surface area (Å²) in [6, 6.07) is 10.2. The Balaban J connectivity index is 2.29. The van der Waals surface area contributed by atoms with E-state index in [0.717, 1.165) is 10.8 Å². The summed E-state index contributed by atoms with van der Waals surface area (Å²) in [5.74, 6) is 1.49. The minimum absolute atomic E-state index is 0.414. The van der Waals surface area contributed by atoms with Gasteiger partial charge in [0.15, 0.2) is 5.82 Å². The molecule has 100 valence electrons. The van der Waals surface area contributed by atoms with E-state index in [0.29, 0.717) is 12.4 Å². The van der Waals surface area contributed by atoms with Gasteiger partial charge in [-0.05, 0) is 18.6 Å². The number of hydrogen-bond acceptors (Lipinski definition) is 5. The molecule has 0 radical (unpaired) electrons. The summed E-state index contributed by atoms with van der Waals surface area (Å²) in [4.78, 5) is 10.0. The van der Waals surface area contributed by atoms with Crippen LogP contribution in [0.4, 0.5) is 5.82 Å². The monoisotopic (exact) mass is 275 g/mol. The minimum atomic E-state index is 0.414. The second kappa shape index (κ2) is 6.54. The van der Waals surface area contributed by atoms with Crippen molar-refractivity contribution in [2.45, 2.75) is 23.5 Å². The van der Waals surface area contributed by atoms with Crippen LogP contribution in [0.3, 0.4) is 0 Å². The number of benzene rings is 1. The van der Waals surface area contributed by atoms with Crippen molar-refractivity contribution in [1.82, 2.24) is 9.97 Å². The number of hydrogen-bond donors (Lipinski definition) is 1. The maximum Gasteiger partial charge on any atom is 0.157 e. The van der Waals surface area contributed by atoms with E-state index in [1.807, 2.05) is 25.2 Å². The van der Waals surface area contributed by atoms with E-state index < -0.39 is 0 Å². The maximum absolute atomic E-state index is 5.09. The number of ether oxygens (including phenoxy) is 1. The van der Waals surface area contributed by atoms with Crippen molar-refractivity contribution in [3.05, 3.63) is 41.7 Å². The molecule has 0 saturated carbocycles. The summed E-state index contributed by atoms with van der Waals surface area (Å²) in [5.41, 5.74) is 1.24. The van der Waals surface area contributed by atoms with Crippen molar-refractivity contribution < 1.29 is 4.74 Å². The van der Waals surface area contributed by atoms with Crippen molar-refractivity contribution in [2.75, 3.05) is 19.5 Å². The molecule has 0 bridgehead atoms. The van der Waals surface area contributed by atoms with Gasteiger partial charge >= 0.3 is 0 Å². The SMILES string of the molecule is CNc1cc(Sc2ccccc2C)nc(COC)n1. The predicted octanol–water partition coefficient (Wildman–Crippen LogP) is 3.12. The molecule has 1 aromatic carbocycles. The first kappa shape index (κ1) is 13.8. The molecule has 0 unspecified atom stereocenters. The summed E-state index contributed by atoms with van der Waals surface area (Å²) >= 11 is 1.64. The standard InChI is InChI=1S/C14H17N3OS/c1-10-6-4-5-7-11(10)19-14-8-12(15-2)16-13(17-14)9-18-3/h4-8H,9H2,1-3H3,(H,15,16,17). The highest BCUT2D eigenvalue weighted by molar-refractivity contribution is 7.99. The number of aromatic nitrogens is 2. The lowest BCUT2D eigenvalue weighted by molar-refractivity contribution is 0.177. The van der Waals surface area contributed by atoms with Gasteiger partial charge in [-0.25, -0.2) is 9.97 Å². The zero-order chi connectivity index (χ0) is 13.7. The normalized spacial score (nSPS) is 10.5. The van der Waals surface area contributed by atoms with Crippen LogP contribution < -0.4 is 5.32 Å². The van der Waals surface area contributed by atoms with E-state index in [9.17, 15) is 0 Å². The molecule has 5 heteroatoms. The third kappa shape index (κ3) is 3.68. The van der Waals surface area contributed by atoms with Gasteiger partial charge in [0, 0.05) is 25.1 Å². The van der Waals surface area contributed by atoms with Crippen LogP contribution in [-0.2, 0) is 11.3 Å². The van der Waals surface area contributed by atoms with Gasteiger partial charge in [-0.2, -0.15) is 0 Å². The van der Waals surface area contributed by atoms with Crippen molar-refractivity contribution in [1.29, 1.82) is 0 Å². The van der Waals surface area contributed by atoms with Crippen LogP contribution in [0.1, 0.15) is 11.4 Å². The molecule has 0 fully saturated rings. The first-order valence-electron chi connectivity index (χ1n) is 6.01. The number of aryl methyl sites for hydroxylation is 1. The topological polar surface area (TPSA) is 47.0 Å². The third-order valence-electron chi connectivity index (χ3n) is 2.59. The fourth-order valence-electron chi connectivity index (χ4n) is 1.63. The van der Waals surface area contributed by atoms with Crippen molar-refractivity contribution in [2.24, 2.45) is 0 Å². The summed E-state index contributed by atoms with van der Waals surface area (Å²) in [6.45, 7) is 2.51. The van der Waals surface area contributed by atoms with Gasteiger partial charge < -0.3 is 10.1 Å². The van der Waals surface area contributed by atoms with E-state index in [4.69, 9.17) is 4.74 Å². The van der Waals surface area contributed by atoms with Crippen LogP contribution >= 0.6 is 11.8 Å². The Hall–Kier alpha value is -1.59. The molecule has 4 nitrogen and oxygen atoms in total. The lowest BCUT2D eigenvalue weighted by Crippen LogP contribution is -2.02. The third-order valence-corrected chi connectivity index (χ3v) is 3.68. The predicted molar refractivity (Wildman–Crippen MR) is 77.6 cm³/mol. The van der Waals surface area contributed by atoms with Gasteiger partial charge in [-0.1, -0.05) is 30.0 Å². The largest absolute Gasteiger partial charge is 0.377 e. The molecule has 1 N–H and O–H groups in total. The van der Waals surface area contributed by atoms with Gasteiger partial charge in [0.25, 0.3) is 0 Å². The first-order chi connectivity index (χ1) is 9.22. The number of rotatable bonds is 5. The molecule has 1 aromatic heterocycles. The summed E-state index contributed by atoms with van der Waals surface area (Å²) in [7, 11) is 3.49. The highest BCUT2D eigenvalue weighted by atomic mass is 32.2. The molecule has 0 aliphatic carbocycles. The smallest absolute Gasteiger partial charge is 0.157 e. The van der Waals surface area contributed by atoms with Gasteiger partial charge in [0.05, 0.1) is 0 Å². The van der Waals surface area contributed by atoms with Crippen LogP contribution in [0, 0.1) is 6.92 Å². The molecular formula is C14H17N3OS. The molecule has 0 aliphatic heterocycles. The zero-order valence-electron chi connectivity index (χ0n) is 11.3. The van der Waals surface area contributed by atoms with Crippen LogP contribution in [0.25, 0.3) is 0 Å². The van der Waals surface area contributed by atoms with Gasteiger partial charge in [0.2, 0.25) is 0 Å². The summed E-state index contributed by atoms with van der Waals surface area (Å²) < 4.78 is 5.09. The van der Waals surface area contributed by atoms with E-state index in [-0.39, 0.29) is 0 Å². The number of anilines is 1. The van der Waals surface area contributed by atoms with Crippen LogP contribution in [-0.4, -0.2) is 24.1 Å². The fraction of sp³-hybridized carbons (Fsp3) is 0.286. The Labute approximate surface area is 117 Å². The molecule has 19 heavy (non-hydrogen) atoms. The highest BCUT2D eigenvalue weighted by Crippen LogP contribution is 2.29. The van der Waals surface area contributed by atoms with Gasteiger partial charge in [-0.15, -0.1) is 0 Å². The van der Waals surface area contributed by atoms with Gasteiger partial charge in [-0.3, -0.25) is 0 Å². The molecule has 1 heterocycles. The van der Waals surface area contributed by atoms with E-state index >= 15 is 0 Å². The van der Waals surface area contributed by atoms with Crippen LogP contribution in [0.15, 0.2) is 40.3 Å². The number of methoxy groups -OCH3 is 1. The average molecular weight is 275 g/mol. The average Bonchev–Trinajstić information content (AvgIpc) is 2.41. The molecule has 0 aliphatic rings. The molecule has 2 rings (SSSR count). The van der Waals surface area contributed by atoms with E-state index in [2.05, 4.69) is 34.3 Å². The molecule has 0 saturated heterocycles. The van der Waals surface area contributed by atoms with E-state index in [1.165, 1.54) is 10.5 Å². The van der Waals surface area contributed by atoms with Crippen LogP contribution in [0.5, 0.6) is 0 Å². The second-order valence-corrected chi connectivity index (χ2v) is 5.12. The first-order valence-corrected chi connectivity index (χ1v) is 6.82. The zero-order valence-corrected chi connectivity index (χ0v) is 12.1. The Morgan fingerprint density at radius 1 is 1.26 bits per heavy atom. The van der Waals surface area contributed by atoms with Crippen molar-refractivity contribution >= 4 is 17.6 Å². The van der Waals surface area contributed by atoms with Gasteiger partial charge in [0.1, 0.15) is 17.5 Å². The Bertz CT molecular complexity index is 560. The highest BCUT2D eigenvalue weighted by Gasteiger charge is 2.07. The minimum Gasteiger partial charge on any atom is -0.377 e. The molecule has 2 aromatic rings. The Morgan fingerprint density at radius 2 is 2.05 bits per heavy atom. The fourth-order valence-corrected chi connectivity index (χ4v) is 2.55. The Kier molecular flexibility index (Phi) is 4.76. The summed E-state index contributed by atoms with van der Waals surface area (Å²) in [5, 5.41) is 3.96. The van der Waals surface area contributed by atoms with E-state index in [1.54, 1.807) is 18.9 Å². The second-order valence-electron chi connectivity index (χ2n) is 4.06. The van der Waals surface area contributed by atoms with Crippen LogP contribution in [0.2, 0.25) is 0 Å². The molecular weight excluding hydrogens is 258 g/mol. The Morgan fingerprint density at radius 3 is 2.74 bits per heavy atom. The number of nitrogens with one attached hydrogen (secondary N) is 1. The molecule has 0 spiro atoms. The van der Waals surface area contributed by atoms with Crippen molar-refractivity contribution in [3.8, 4) is 0 Å². The number of nitrogens with zero attached hydrogens (tertiary/aromatic N) is 2. The van der Waals surface area contributed by atoms with Crippen molar-refractivity contribution in [3.63, 3.8) is 0 Å². The molecule has 0 amide bonds.